The highest BCUT2D eigenvalue weighted by molar-refractivity contribution is 7.09. The fraction of sp³-hybridized carbons (Fsp3) is 0.269. The second-order valence-electron chi connectivity index (χ2n) is 8.28. The Kier molecular flexibility index (Phi) is 8.01. The lowest BCUT2D eigenvalue weighted by atomic mass is 10.0. The van der Waals surface area contributed by atoms with Crippen molar-refractivity contribution in [3.05, 3.63) is 81.8 Å². The van der Waals surface area contributed by atoms with Gasteiger partial charge in [0.1, 0.15) is 12.4 Å². The van der Waals surface area contributed by atoms with Gasteiger partial charge in [-0.1, -0.05) is 25.1 Å². The molecule has 7 heteroatoms. The molecule has 2 aromatic carbocycles. The molecular weight excluding hydrogens is 434 g/mol. The van der Waals surface area contributed by atoms with E-state index < -0.39 is 0 Å². The third-order valence-corrected chi connectivity index (χ3v) is 5.95. The largest absolute Gasteiger partial charge is 0.487 e. The fourth-order valence-electron chi connectivity index (χ4n) is 2.90. The van der Waals surface area contributed by atoms with E-state index in [-0.39, 0.29) is 17.4 Å². The molecule has 6 nitrogen and oxygen atoms in total. The van der Waals surface area contributed by atoms with Gasteiger partial charge < -0.3 is 15.4 Å². The van der Waals surface area contributed by atoms with Gasteiger partial charge in [0.2, 0.25) is 5.91 Å². The lowest BCUT2D eigenvalue weighted by Gasteiger charge is -2.24. The molecule has 0 saturated carbocycles. The number of anilines is 1. The molecule has 0 saturated heterocycles. The number of benzene rings is 2. The predicted molar refractivity (Wildman–Crippen MR) is 134 cm³/mol. The number of aromatic nitrogens is 1. The second-order valence-corrected chi connectivity index (χ2v) is 9.34. The van der Waals surface area contributed by atoms with Gasteiger partial charge in [-0.2, -0.15) is 0 Å². The number of rotatable bonds is 9. The number of carbonyl (C=O) groups excluding carboxylic acids is 2. The summed E-state index contributed by atoms with van der Waals surface area (Å²) in [5.74, 6) is 0.269. The van der Waals surface area contributed by atoms with Crippen molar-refractivity contribution in [2.24, 2.45) is 0 Å². The topological polar surface area (TPSA) is 80.3 Å². The molecule has 0 fully saturated rings. The van der Waals surface area contributed by atoms with Crippen LogP contribution < -0.4 is 15.4 Å². The Balaban J connectivity index is 1.58. The molecule has 0 atom stereocenters. The normalized spacial score (nSPS) is 11.4. The van der Waals surface area contributed by atoms with Gasteiger partial charge in [-0.15, -0.1) is 11.3 Å². The number of carbonyl (C=O) groups is 2. The number of hydrogen-bond acceptors (Lipinski definition) is 5. The Bertz CT molecular complexity index is 1130. The Hall–Kier alpha value is -3.45. The van der Waals surface area contributed by atoms with Gasteiger partial charge in [0, 0.05) is 33.8 Å². The van der Waals surface area contributed by atoms with Crippen LogP contribution in [0.1, 0.15) is 53.8 Å². The van der Waals surface area contributed by atoms with Gasteiger partial charge in [0.15, 0.2) is 0 Å². The smallest absolute Gasteiger partial charge is 0.251 e. The van der Waals surface area contributed by atoms with Crippen LogP contribution in [0.25, 0.3) is 6.08 Å². The molecule has 0 radical (unpaired) electrons. The Morgan fingerprint density at radius 1 is 1.12 bits per heavy atom. The third-order valence-electron chi connectivity index (χ3n) is 5.13. The van der Waals surface area contributed by atoms with Crippen LogP contribution in [0.4, 0.5) is 5.69 Å². The zero-order valence-corrected chi connectivity index (χ0v) is 20.2. The monoisotopic (exact) mass is 463 g/mol. The minimum atomic E-state index is -0.274. The van der Waals surface area contributed by atoms with E-state index in [1.165, 1.54) is 6.08 Å². The summed E-state index contributed by atoms with van der Waals surface area (Å²) >= 11 is 1.58. The van der Waals surface area contributed by atoms with Crippen molar-refractivity contribution in [2.75, 3.05) is 5.32 Å². The van der Waals surface area contributed by atoms with E-state index in [0.29, 0.717) is 23.6 Å². The molecule has 2 amide bonds. The van der Waals surface area contributed by atoms with Crippen LogP contribution in [0.3, 0.4) is 0 Å². The number of nitrogens with zero attached hydrogens (tertiary/aromatic N) is 1. The summed E-state index contributed by atoms with van der Waals surface area (Å²) in [6, 6.07) is 14.4. The number of hydrogen-bond donors (Lipinski definition) is 2. The highest BCUT2D eigenvalue weighted by Crippen LogP contribution is 2.21. The lowest BCUT2D eigenvalue weighted by molar-refractivity contribution is -0.111. The fourth-order valence-corrected chi connectivity index (χ4v) is 3.50. The van der Waals surface area contributed by atoms with Gasteiger partial charge >= 0.3 is 0 Å². The molecule has 0 unspecified atom stereocenters. The number of ether oxygens (including phenoxy) is 1. The van der Waals surface area contributed by atoms with E-state index in [4.69, 9.17) is 4.74 Å². The SMILES string of the molecule is CCC(C)(C)NC(=O)c1ccc(NC(=O)C=Cc2ccccc2OCc2csc(C)n2)cc1. The van der Waals surface area contributed by atoms with E-state index in [1.807, 2.05) is 57.3 Å². The number of amides is 2. The zero-order valence-electron chi connectivity index (χ0n) is 19.3. The Morgan fingerprint density at radius 3 is 2.52 bits per heavy atom. The predicted octanol–water partition coefficient (Wildman–Crippen LogP) is 5.60. The molecule has 3 rings (SSSR count). The molecule has 0 spiro atoms. The van der Waals surface area contributed by atoms with Gasteiger partial charge in [-0.05, 0) is 63.6 Å². The lowest BCUT2D eigenvalue weighted by Crippen LogP contribution is -2.42. The first-order valence-electron chi connectivity index (χ1n) is 10.8. The molecule has 2 N–H and O–H groups in total. The van der Waals surface area contributed by atoms with Crippen molar-refractivity contribution in [3.63, 3.8) is 0 Å². The zero-order chi connectivity index (χ0) is 23.8. The second kappa shape index (κ2) is 10.9. The van der Waals surface area contributed by atoms with Gasteiger partial charge in [-0.25, -0.2) is 4.98 Å². The molecule has 172 valence electrons. The van der Waals surface area contributed by atoms with Crippen LogP contribution in [-0.4, -0.2) is 22.3 Å². The number of para-hydroxylation sites is 1. The van der Waals surface area contributed by atoms with Crippen molar-refractivity contribution < 1.29 is 14.3 Å². The molecule has 0 aliphatic carbocycles. The minimum absolute atomic E-state index is 0.135. The van der Waals surface area contributed by atoms with Gasteiger partial charge in [-0.3, -0.25) is 9.59 Å². The first-order valence-corrected chi connectivity index (χ1v) is 11.7. The molecule has 33 heavy (non-hydrogen) atoms. The van der Waals surface area contributed by atoms with Gasteiger partial charge in [0.05, 0.1) is 10.7 Å². The molecule has 1 aromatic heterocycles. The summed E-state index contributed by atoms with van der Waals surface area (Å²) in [5.41, 5.74) is 2.56. The summed E-state index contributed by atoms with van der Waals surface area (Å²) in [6.07, 6.45) is 4.00. The summed E-state index contributed by atoms with van der Waals surface area (Å²) < 4.78 is 5.89. The van der Waals surface area contributed by atoms with Crippen LogP contribution in [0.15, 0.2) is 60.0 Å². The summed E-state index contributed by atoms with van der Waals surface area (Å²) in [7, 11) is 0. The molecular formula is C26H29N3O3S. The van der Waals surface area contributed by atoms with Crippen molar-refractivity contribution in [1.29, 1.82) is 0 Å². The van der Waals surface area contributed by atoms with Crippen molar-refractivity contribution in [2.45, 2.75) is 46.3 Å². The number of aryl methyl sites for hydroxylation is 1. The van der Waals surface area contributed by atoms with E-state index in [1.54, 1.807) is 41.7 Å². The van der Waals surface area contributed by atoms with E-state index in [2.05, 4.69) is 15.6 Å². The molecule has 3 aromatic rings. The molecule has 0 bridgehead atoms. The minimum Gasteiger partial charge on any atom is -0.487 e. The van der Waals surface area contributed by atoms with Crippen molar-refractivity contribution in [3.8, 4) is 5.75 Å². The van der Waals surface area contributed by atoms with Crippen LogP contribution in [0.2, 0.25) is 0 Å². The van der Waals surface area contributed by atoms with Crippen molar-refractivity contribution >= 4 is 34.9 Å². The Labute approximate surface area is 198 Å². The first kappa shape index (κ1) is 24.2. The van der Waals surface area contributed by atoms with E-state index >= 15 is 0 Å². The average Bonchev–Trinajstić information content (AvgIpc) is 3.22. The average molecular weight is 464 g/mol. The van der Waals surface area contributed by atoms with Crippen LogP contribution >= 0.6 is 11.3 Å². The third kappa shape index (κ3) is 7.29. The molecule has 1 heterocycles. The van der Waals surface area contributed by atoms with E-state index in [9.17, 15) is 9.59 Å². The highest BCUT2D eigenvalue weighted by Gasteiger charge is 2.18. The maximum atomic E-state index is 12.4. The summed E-state index contributed by atoms with van der Waals surface area (Å²) in [6.45, 7) is 8.32. The Morgan fingerprint density at radius 2 is 1.85 bits per heavy atom. The van der Waals surface area contributed by atoms with Gasteiger partial charge in [0.25, 0.3) is 5.91 Å². The standard InChI is InChI=1S/C26H29N3O3S/c1-5-26(3,4)29-25(31)20-10-13-21(14-11-20)28-24(30)15-12-19-8-6-7-9-23(19)32-16-22-17-33-18(2)27-22/h6-15,17H,5,16H2,1-4H3,(H,28,30)(H,29,31). The number of thiazole rings is 1. The maximum absolute atomic E-state index is 12.4. The first-order chi connectivity index (χ1) is 15.8. The number of nitrogens with one attached hydrogen (secondary N) is 2. The molecule has 0 aliphatic heterocycles. The van der Waals surface area contributed by atoms with Crippen LogP contribution in [0, 0.1) is 6.92 Å². The van der Waals surface area contributed by atoms with Crippen LogP contribution in [0.5, 0.6) is 5.75 Å². The maximum Gasteiger partial charge on any atom is 0.251 e. The van der Waals surface area contributed by atoms with E-state index in [0.717, 1.165) is 22.7 Å². The van der Waals surface area contributed by atoms with Crippen LogP contribution in [-0.2, 0) is 11.4 Å². The van der Waals surface area contributed by atoms with Crippen molar-refractivity contribution in [1.82, 2.24) is 10.3 Å². The summed E-state index contributed by atoms with van der Waals surface area (Å²) in [5, 5.41) is 8.78. The summed E-state index contributed by atoms with van der Waals surface area (Å²) in [4.78, 5) is 29.2. The highest BCUT2D eigenvalue weighted by atomic mass is 32.1. The quantitative estimate of drug-likeness (QED) is 0.405. The molecule has 0 aliphatic rings.